The summed E-state index contributed by atoms with van der Waals surface area (Å²) in [5.74, 6) is 0. The first-order chi connectivity index (χ1) is 5.88. The quantitative estimate of drug-likeness (QED) is 0.681. The molecule has 1 saturated heterocycles. The highest BCUT2D eigenvalue weighted by Crippen LogP contribution is 2.17. The molecule has 1 atom stereocenters. The van der Waals surface area contributed by atoms with Crippen molar-refractivity contribution in [3.8, 4) is 0 Å². The molecule has 80 valence electrons. The molecule has 1 unspecified atom stereocenters. The van der Waals surface area contributed by atoms with Crippen molar-refractivity contribution >= 4 is 13.5 Å². The molecular formula is C10H23NOS. The van der Waals surface area contributed by atoms with Crippen molar-refractivity contribution in [1.29, 1.82) is 0 Å². The largest absolute Gasteiger partial charge is 0.383 e. The van der Waals surface area contributed by atoms with Gasteiger partial charge in [-0.25, -0.2) is 0 Å². The maximum Gasteiger partial charge on any atom is 0.0618 e. The van der Waals surface area contributed by atoms with E-state index in [1.807, 2.05) is 0 Å². The van der Waals surface area contributed by atoms with Crippen LogP contribution in [0.15, 0.2) is 0 Å². The van der Waals surface area contributed by atoms with Crippen molar-refractivity contribution in [1.82, 2.24) is 4.90 Å². The molecule has 3 heteroatoms. The highest BCUT2D eigenvalue weighted by atomic mass is 32.1. The minimum atomic E-state index is 0. The third kappa shape index (κ3) is 4.34. The van der Waals surface area contributed by atoms with E-state index in [4.69, 9.17) is 4.74 Å². The standard InChI is InChI=1S/C10H21NO.H2S/c1-3-4-7-11-8-5-6-10(11)9-12-2;/h10H,3-9H2,1-2H3;1H2. The van der Waals surface area contributed by atoms with Crippen LogP contribution in [0.4, 0.5) is 0 Å². The lowest BCUT2D eigenvalue weighted by Crippen LogP contribution is -2.33. The van der Waals surface area contributed by atoms with Gasteiger partial charge in [-0.2, -0.15) is 13.5 Å². The Morgan fingerprint density at radius 3 is 2.85 bits per heavy atom. The molecule has 1 heterocycles. The van der Waals surface area contributed by atoms with Gasteiger partial charge < -0.3 is 4.74 Å². The molecule has 0 spiro atoms. The summed E-state index contributed by atoms with van der Waals surface area (Å²) in [4.78, 5) is 2.58. The molecule has 0 aromatic rings. The molecular weight excluding hydrogens is 182 g/mol. The lowest BCUT2D eigenvalue weighted by molar-refractivity contribution is 0.115. The topological polar surface area (TPSA) is 12.5 Å². The van der Waals surface area contributed by atoms with E-state index in [2.05, 4.69) is 11.8 Å². The number of likely N-dealkylation sites (tertiary alicyclic amines) is 1. The highest BCUT2D eigenvalue weighted by Gasteiger charge is 2.22. The molecule has 0 aromatic heterocycles. The second kappa shape index (κ2) is 7.65. The predicted molar refractivity (Wildman–Crippen MR) is 61.8 cm³/mol. The van der Waals surface area contributed by atoms with E-state index in [-0.39, 0.29) is 13.5 Å². The van der Waals surface area contributed by atoms with E-state index in [0.29, 0.717) is 6.04 Å². The van der Waals surface area contributed by atoms with Crippen LogP contribution < -0.4 is 0 Å². The minimum absolute atomic E-state index is 0. The average molecular weight is 205 g/mol. The lowest BCUT2D eigenvalue weighted by Gasteiger charge is -2.23. The number of unbranched alkanes of at least 4 members (excludes halogenated alkanes) is 1. The Balaban J connectivity index is 0.00000144. The average Bonchev–Trinajstić information content (AvgIpc) is 2.50. The summed E-state index contributed by atoms with van der Waals surface area (Å²) in [6.07, 6.45) is 5.33. The number of nitrogens with zero attached hydrogens (tertiary/aromatic N) is 1. The van der Waals surface area contributed by atoms with Crippen LogP contribution in [0.1, 0.15) is 32.6 Å². The van der Waals surface area contributed by atoms with Crippen molar-refractivity contribution in [2.24, 2.45) is 0 Å². The Bertz CT molecular complexity index is 121. The fourth-order valence-electron chi connectivity index (χ4n) is 1.93. The molecule has 2 nitrogen and oxygen atoms in total. The number of rotatable bonds is 5. The van der Waals surface area contributed by atoms with Gasteiger partial charge in [0.25, 0.3) is 0 Å². The predicted octanol–water partition coefficient (Wildman–Crippen LogP) is 2.01. The molecule has 1 aliphatic rings. The van der Waals surface area contributed by atoms with E-state index >= 15 is 0 Å². The number of ether oxygens (including phenoxy) is 1. The summed E-state index contributed by atoms with van der Waals surface area (Å²) in [5.41, 5.74) is 0. The third-order valence-electron chi connectivity index (χ3n) is 2.66. The van der Waals surface area contributed by atoms with Gasteiger partial charge in [0, 0.05) is 13.2 Å². The Morgan fingerprint density at radius 2 is 2.23 bits per heavy atom. The van der Waals surface area contributed by atoms with Crippen LogP contribution in [0.2, 0.25) is 0 Å². The third-order valence-corrected chi connectivity index (χ3v) is 2.66. The minimum Gasteiger partial charge on any atom is -0.383 e. The lowest BCUT2D eigenvalue weighted by atomic mass is 10.2. The molecule has 0 bridgehead atoms. The Morgan fingerprint density at radius 1 is 1.46 bits per heavy atom. The van der Waals surface area contributed by atoms with Gasteiger partial charge in [0.1, 0.15) is 0 Å². The van der Waals surface area contributed by atoms with Crippen molar-refractivity contribution < 1.29 is 4.74 Å². The maximum atomic E-state index is 5.19. The smallest absolute Gasteiger partial charge is 0.0618 e. The van der Waals surface area contributed by atoms with Crippen molar-refractivity contribution in [3.63, 3.8) is 0 Å². The molecule has 13 heavy (non-hydrogen) atoms. The fraction of sp³-hybridized carbons (Fsp3) is 1.00. The van der Waals surface area contributed by atoms with E-state index < -0.39 is 0 Å². The molecule has 0 amide bonds. The van der Waals surface area contributed by atoms with Crippen molar-refractivity contribution in [2.45, 2.75) is 38.6 Å². The SMILES string of the molecule is CCCCN1CCCC1COC.S. The first-order valence-corrected chi connectivity index (χ1v) is 5.11. The van der Waals surface area contributed by atoms with Gasteiger partial charge in [-0.05, 0) is 32.4 Å². The van der Waals surface area contributed by atoms with Crippen LogP contribution in [0, 0.1) is 0 Å². The van der Waals surface area contributed by atoms with E-state index in [1.165, 1.54) is 38.8 Å². The normalized spacial score (nSPS) is 23.1. The van der Waals surface area contributed by atoms with Crippen LogP contribution in [0.3, 0.4) is 0 Å². The van der Waals surface area contributed by atoms with Gasteiger partial charge >= 0.3 is 0 Å². The molecule has 0 saturated carbocycles. The van der Waals surface area contributed by atoms with Crippen LogP contribution in [-0.4, -0.2) is 37.7 Å². The maximum absolute atomic E-state index is 5.19. The zero-order valence-electron chi connectivity index (χ0n) is 8.88. The van der Waals surface area contributed by atoms with Gasteiger partial charge in [0.2, 0.25) is 0 Å². The Hall–Kier alpha value is 0.270. The Kier molecular flexibility index (Phi) is 7.81. The van der Waals surface area contributed by atoms with Gasteiger partial charge in [0.05, 0.1) is 6.61 Å². The Labute approximate surface area is 89.1 Å². The molecule has 0 aromatic carbocycles. The molecule has 1 fully saturated rings. The molecule has 0 aliphatic carbocycles. The van der Waals surface area contributed by atoms with Gasteiger partial charge in [0.15, 0.2) is 0 Å². The molecule has 0 N–H and O–H groups in total. The monoisotopic (exact) mass is 205 g/mol. The van der Waals surface area contributed by atoms with Crippen LogP contribution in [-0.2, 0) is 4.74 Å². The number of methoxy groups -OCH3 is 1. The summed E-state index contributed by atoms with van der Waals surface area (Å²) >= 11 is 0. The number of hydrogen-bond donors (Lipinski definition) is 0. The first-order valence-electron chi connectivity index (χ1n) is 5.11. The zero-order valence-corrected chi connectivity index (χ0v) is 9.88. The number of hydrogen-bond acceptors (Lipinski definition) is 2. The van der Waals surface area contributed by atoms with Crippen molar-refractivity contribution in [3.05, 3.63) is 0 Å². The fourth-order valence-corrected chi connectivity index (χ4v) is 1.93. The van der Waals surface area contributed by atoms with Gasteiger partial charge in [-0.1, -0.05) is 13.3 Å². The van der Waals surface area contributed by atoms with Crippen LogP contribution >= 0.6 is 13.5 Å². The second-order valence-electron chi connectivity index (χ2n) is 3.64. The first kappa shape index (κ1) is 13.3. The van der Waals surface area contributed by atoms with E-state index in [0.717, 1.165) is 6.61 Å². The summed E-state index contributed by atoms with van der Waals surface area (Å²) in [6.45, 7) is 5.73. The summed E-state index contributed by atoms with van der Waals surface area (Å²) < 4.78 is 5.19. The highest BCUT2D eigenvalue weighted by molar-refractivity contribution is 7.59. The zero-order chi connectivity index (χ0) is 8.81. The molecule has 1 rings (SSSR count). The molecule has 0 radical (unpaired) electrons. The summed E-state index contributed by atoms with van der Waals surface area (Å²) in [7, 11) is 1.80. The van der Waals surface area contributed by atoms with E-state index in [9.17, 15) is 0 Å². The van der Waals surface area contributed by atoms with Crippen molar-refractivity contribution in [2.75, 3.05) is 26.8 Å². The van der Waals surface area contributed by atoms with E-state index in [1.54, 1.807) is 7.11 Å². The summed E-state index contributed by atoms with van der Waals surface area (Å²) in [5, 5.41) is 0. The van der Waals surface area contributed by atoms with Crippen LogP contribution in [0.25, 0.3) is 0 Å². The van der Waals surface area contributed by atoms with Gasteiger partial charge in [-0.15, -0.1) is 0 Å². The second-order valence-corrected chi connectivity index (χ2v) is 3.64. The van der Waals surface area contributed by atoms with Crippen LogP contribution in [0.5, 0.6) is 0 Å². The summed E-state index contributed by atoms with van der Waals surface area (Å²) in [6, 6.07) is 0.710. The molecule has 1 aliphatic heterocycles. The van der Waals surface area contributed by atoms with Gasteiger partial charge in [-0.3, -0.25) is 4.90 Å².